The molecule has 131 heavy (non-hydrogen) atoms. The molecule has 3 aromatic heterocycles. The van der Waals surface area contributed by atoms with E-state index in [1.165, 1.54) is 32.0 Å². The predicted molar refractivity (Wildman–Crippen MR) is 473 cm³/mol. The van der Waals surface area contributed by atoms with E-state index in [1.807, 2.05) is 0 Å². The highest BCUT2D eigenvalue weighted by molar-refractivity contribution is 8.13. The summed E-state index contributed by atoms with van der Waals surface area (Å²) in [5.74, 6) is -13.4. The smallest absolute Gasteiger partial charge is 0.302 e. The molecule has 0 amide bonds. The fourth-order valence-electron chi connectivity index (χ4n) is 12.3. The zero-order valence-corrected chi connectivity index (χ0v) is 70.6. The van der Waals surface area contributed by atoms with E-state index in [0.717, 1.165) is 138 Å². The van der Waals surface area contributed by atoms with Crippen molar-refractivity contribution in [3.8, 4) is 17.1 Å². The zero-order valence-electron chi connectivity index (χ0n) is 69.0. The second-order valence-corrected chi connectivity index (χ2v) is 29.6. The summed E-state index contributed by atoms with van der Waals surface area (Å²) in [7, 11) is 0. The highest BCUT2D eigenvalue weighted by Crippen LogP contribution is 2.29. The number of Topliss-reactive ketones (excluding diaryl/α,β-unsaturated/α-hetero) is 2. The number of benzene rings is 10. The minimum absolute atomic E-state index is 0.00530. The number of nitrogens with two attached hydrogens (primary N) is 4. The minimum atomic E-state index is -1.02. The third-order valence-corrected chi connectivity index (χ3v) is 19.9. The van der Waals surface area contributed by atoms with Crippen molar-refractivity contribution in [1.82, 2.24) is 13.7 Å². The number of nitrogen functional groups attached to an aromatic ring is 3. The number of halogens is 11. The van der Waals surface area contributed by atoms with Gasteiger partial charge in [-0.25, -0.2) is 48.9 Å². The van der Waals surface area contributed by atoms with Crippen LogP contribution in [0.3, 0.4) is 0 Å². The fraction of sp³-hybridized carbons (Fsp3) is 0.115. The van der Waals surface area contributed by atoms with Gasteiger partial charge in [-0.1, -0.05) is 71.9 Å². The second kappa shape index (κ2) is 46.8. The van der Waals surface area contributed by atoms with Gasteiger partial charge in [-0.3, -0.25) is 67.1 Å². The van der Waals surface area contributed by atoms with Crippen LogP contribution in [0, 0.1) is 63.6 Å². The molecular weight excluding hydrogens is 1760 g/mol. The van der Waals surface area contributed by atoms with Crippen molar-refractivity contribution in [2.24, 2.45) is 10.7 Å². The number of ether oxygens (including phenoxy) is 2. The molecule has 0 aliphatic rings. The number of pyridine rings is 3. The Morgan fingerprint density at radius 3 is 1.02 bits per heavy atom. The van der Waals surface area contributed by atoms with Crippen molar-refractivity contribution in [3.05, 3.63) is 410 Å². The third-order valence-electron chi connectivity index (χ3n) is 18.7. The Bertz CT molecular complexity index is 6690. The van der Waals surface area contributed by atoms with Crippen molar-refractivity contribution in [2.45, 2.75) is 57.3 Å². The molecule has 0 spiro atoms. The number of aliphatic hydroxyl groups excluding tert-OH is 1. The molecule has 0 aliphatic carbocycles. The average molecular weight is 1840 g/mol. The van der Waals surface area contributed by atoms with Crippen LogP contribution in [0.4, 0.5) is 67.0 Å². The number of carbonyl (C=O) groups excluding carboxylic acids is 8. The highest BCUT2D eigenvalue weighted by atomic mass is 35.5. The number of aliphatic imine (C=N–C) groups is 1. The molecule has 23 nitrogen and oxygen atoms in total. The Morgan fingerprint density at radius 2 is 0.702 bits per heavy atom. The number of rotatable bonds is 27. The van der Waals surface area contributed by atoms with E-state index in [0.29, 0.717) is 77.4 Å². The lowest BCUT2D eigenvalue weighted by molar-refractivity contribution is -0.141. The zero-order chi connectivity index (χ0) is 95.4. The fourth-order valence-corrected chi connectivity index (χ4v) is 13.2. The summed E-state index contributed by atoms with van der Waals surface area (Å²) >= 11 is 6.85. The van der Waals surface area contributed by atoms with Gasteiger partial charge >= 0.3 is 11.9 Å². The van der Waals surface area contributed by atoms with Crippen molar-refractivity contribution in [1.29, 1.82) is 5.41 Å². The molecule has 35 heteroatoms. The van der Waals surface area contributed by atoms with Crippen molar-refractivity contribution in [3.63, 3.8) is 0 Å². The van der Waals surface area contributed by atoms with Crippen LogP contribution in [0.5, 0.6) is 0 Å². The van der Waals surface area contributed by atoms with E-state index in [2.05, 4.69) is 4.99 Å². The summed E-state index contributed by atoms with van der Waals surface area (Å²) in [5, 5.41) is 17.4. The van der Waals surface area contributed by atoms with Gasteiger partial charge in [0.2, 0.25) is 0 Å². The molecule has 0 radical (unpaired) electrons. The molecule has 0 saturated carbocycles. The number of hydrogen-bond donors (Lipinski definition) is 6. The molecule has 672 valence electrons. The number of nitrogens with one attached hydrogen (secondary N) is 1. The van der Waals surface area contributed by atoms with E-state index in [1.54, 1.807) is 121 Å². The molecule has 0 fully saturated rings. The maximum Gasteiger partial charge on any atom is 0.302 e. The van der Waals surface area contributed by atoms with Gasteiger partial charge in [-0.15, -0.1) is 0 Å². The standard InChI is InChI=1S/C22H18F2N2O4.C20H16F2N2O3.C20H14F2N2O3.C19H18F2N2O3.C15H10ClF2NOS/c1-13(27)30-11-10-14-2-5-16(6-3-14)26-20(28)9-8-18(22(26)25)21(29)17-7-4-15(23)12-19(17)24;2*21-13-3-6-15(17(22)11-13)19(27)16-7-8-18(26)24(20(16)23)14-4-1-12(2-5-14)9-10-25;1-12(24)26-9-8-13-2-5-15(6-3-13)23-19(22)11-18(25)16-7-4-14(20)10-17(16)21;16-9-1-4-11(5-2-9)21-15(19)8-14(20)12-6-3-10(17)7-13(12)18/h2-9,12H,10-11,25H2,1H3;1-8,11,25H,9-10,23H2;1-8,10-11H,9,23H2;2-7,10H,8-9,11H2,1H3,(H2,22,23);1-7,19H,8H2. The van der Waals surface area contributed by atoms with Crippen LogP contribution in [0.2, 0.25) is 5.02 Å². The molecule has 0 saturated heterocycles. The van der Waals surface area contributed by atoms with E-state index < -0.39 is 104 Å². The number of thioether (sulfide) groups is 1. The number of esters is 2. The lowest BCUT2D eigenvalue weighted by atomic mass is 10.0. The number of aromatic nitrogens is 3. The summed E-state index contributed by atoms with van der Waals surface area (Å²) in [4.78, 5) is 136. The highest BCUT2D eigenvalue weighted by Gasteiger charge is 2.25. The first kappa shape index (κ1) is 99.2. The van der Waals surface area contributed by atoms with Crippen molar-refractivity contribution in [2.75, 3.05) is 37.0 Å². The van der Waals surface area contributed by atoms with Gasteiger partial charge in [0.25, 0.3) is 16.7 Å². The first-order valence-corrected chi connectivity index (χ1v) is 40.1. The first-order chi connectivity index (χ1) is 62.4. The SMILES string of the molecule is CC(=O)OCCc1ccc(-n2c(N)c(C(=O)c3ccc(F)cc3F)ccc2=O)cc1.CC(=O)OCCc1ccc(N=C(N)CC(=O)c2ccc(F)cc2F)cc1.N=C(CC(=O)c1ccc(F)cc1F)Sc1ccc(Cl)cc1.Nc1c(C(=O)c2ccc(F)cc2F)ccc(=O)n1-c1ccc(CC=O)cc1.Nc1c(C(=O)c2ccc(F)cc2F)ccc(=O)n1-c1ccc(CCO)cc1. The summed E-state index contributed by atoms with van der Waals surface area (Å²) in [6.07, 6.45) is 1.99. The molecular formula is C96H76ClF10N9O14S. The maximum atomic E-state index is 14.0. The Balaban J connectivity index is 0.000000185. The topological polar surface area (TPSA) is 382 Å². The third kappa shape index (κ3) is 27.7. The van der Waals surface area contributed by atoms with Crippen LogP contribution in [0.25, 0.3) is 17.1 Å². The lowest BCUT2D eigenvalue weighted by Gasteiger charge is -2.14. The van der Waals surface area contributed by atoms with Crippen LogP contribution < -0.4 is 39.6 Å². The molecule has 0 atom stereocenters. The number of aldehydes is 1. The Hall–Kier alpha value is -15.6. The van der Waals surface area contributed by atoms with Crippen molar-refractivity contribution >= 4 is 105 Å². The Kier molecular flexibility index (Phi) is 35.4. The number of hydrogen-bond acceptors (Lipinski definition) is 20. The van der Waals surface area contributed by atoms with E-state index in [9.17, 15) is 96.6 Å². The number of ketones is 5. The quantitative estimate of drug-likeness (QED) is 0.00529. The van der Waals surface area contributed by atoms with Gasteiger partial charge in [0.05, 0.1) is 98.4 Å². The van der Waals surface area contributed by atoms with E-state index in [-0.39, 0.29) is 124 Å². The molecule has 10 aromatic carbocycles. The summed E-state index contributed by atoms with van der Waals surface area (Å²) in [5.41, 5.74) is 25.9. The summed E-state index contributed by atoms with van der Waals surface area (Å²) < 4.78 is 147. The van der Waals surface area contributed by atoms with Crippen LogP contribution in [-0.4, -0.2) is 96.6 Å². The molecule has 13 aromatic rings. The Morgan fingerprint density at radius 1 is 0.405 bits per heavy atom. The van der Waals surface area contributed by atoms with E-state index in [4.69, 9.17) is 54.5 Å². The van der Waals surface area contributed by atoms with Crippen molar-refractivity contribution < 1.29 is 96.8 Å². The van der Waals surface area contributed by atoms with E-state index >= 15 is 0 Å². The van der Waals surface area contributed by atoms with Crippen LogP contribution in [0.1, 0.15) is 117 Å². The molecule has 0 unspecified atom stereocenters. The van der Waals surface area contributed by atoms with Gasteiger partial charge in [0.1, 0.15) is 87.7 Å². The molecule has 10 N–H and O–H groups in total. The van der Waals surface area contributed by atoms with Gasteiger partial charge in [0.15, 0.2) is 28.9 Å². The summed E-state index contributed by atoms with van der Waals surface area (Å²) in [6, 6.07) is 54.2. The molecule has 0 aliphatic heterocycles. The van der Waals surface area contributed by atoms with Gasteiger partial charge in [-0.2, -0.15) is 0 Å². The van der Waals surface area contributed by atoms with Crippen LogP contribution in [-0.2, 0) is 49.5 Å². The summed E-state index contributed by atoms with van der Waals surface area (Å²) in [6.45, 7) is 3.18. The van der Waals surface area contributed by atoms with Crippen LogP contribution >= 0.6 is 23.4 Å². The normalized spacial score (nSPS) is 10.7. The number of aliphatic hydroxyl groups is 1. The predicted octanol–water partition coefficient (Wildman–Crippen LogP) is 16.5. The number of nitrogens with zero attached hydrogens (tertiary/aromatic N) is 4. The second-order valence-electron chi connectivity index (χ2n) is 28.0. The number of amidine groups is 1. The maximum absolute atomic E-state index is 14.0. The molecule has 0 bridgehead atoms. The molecule has 3 heterocycles. The number of anilines is 3. The monoisotopic (exact) mass is 1840 g/mol. The largest absolute Gasteiger partial charge is 0.466 e. The first-order valence-electron chi connectivity index (χ1n) is 38.9. The van der Waals surface area contributed by atoms with Gasteiger partial charge in [0, 0.05) is 98.2 Å². The van der Waals surface area contributed by atoms with Crippen LogP contribution in [0.15, 0.2) is 273 Å². The molecule has 13 rings (SSSR count). The minimum Gasteiger partial charge on any atom is -0.466 e. The van der Waals surface area contributed by atoms with Gasteiger partial charge < -0.3 is 42.3 Å². The van der Waals surface area contributed by atoms with Gasteiger partial charge in [-0.05, 0) is 180 Å². The number of carbonyl (C=O) groups is 8. The lowest BCUT2D eigenvalue weighted by Crippen LogP contribution is -2.23. The Labute approximate surface area is 748 Å². The average Bonchev–Trinajstić information content (AvgIpc) is 0.790.